The first-order valence-corrected chi connectivity index (χ1v) is 7.35. The largest absolute Gasteiger partial charge is 0.483 e. The van der Waals surface area contributed by atoms with Gasteiger partial charge in [-0.2, -0.15) is 5.10 Å². The predicted octanol–water partition coefficient (Wildman–Crippen LogP) is 3.48. The van der Waals surface area contributed by atoms with Gasteiger partial charge < -0.3 is 4.74 Å². The second-order valence-corrected chi connectivity index (χ2v) is 5.33. The molecule has 1 N–H and O–H groups in total. The van der Waals surface area contributed by atoms with Crippen molar-refractivity contribution in [3.05, 3.63) is 65.5 Å². The van der Waals surface area contributed by atoms with E-state index < -0.39 is 0 Å². The summed E-state index contributed by atoms with van der Waals surface area (Å²) in [7, 11) is 0. The molecule has 4 nitrogen and oxygen atoms in total. The molecular weight excluding hydrogens is 295 g/mol. The van der Waals surface area contributed by atoms with E-state index in [1.807, 2.05) is 24.3 Å². The van der Waals surface area contributed by atoms with Gasteiger partial charge in [-0.25, -0.2) is 9.82 Å². The molecule has 120 valence electrons. The molecule has 0 saturated heterocycles. The van der Waals surface area contributed by atoms with E-state index in [2.05, 4.69) is 24.4 Å². The van der Waals surface area contributed by atoms with Crippen LogP contribution in [0.4, 0.5) is 4.39 Å². The van der Waals surface area contributed by atoms with Crippen LogP contribution in [0.25, 0.3) is 0 Å². The molecule has 2 rings (SSSR count). The van der Waals surface area contributed by atoms with Crippen LogP contribution in [0.1, 0.15) is 30.9 Å². The highest BCUT2D eigenvalue weighted by atomic mass is 19.1. The maximum atomic E-state index is 12.8. The summed E-state index contributed by atoms with van der Waals surface area (Å²) in [5.41, 5.74) is 4.12. The van der Waals surface area contributed by atoms with Crippen LogP contribution in [0, 0.1) is 5.82 Å². The van der Waals surface area contributed by atoms with Gasteiger partial charge in [-0.05, 0) is 35.2 Å². The zero-order valence-corrected chi connectivity index (χ0v) is 13.1. The zero-order valence-electron chi connectivity index (χ0n) is 13.1. The Bertz CT molecular complexity index is 682. The first-order chi connectivity index (χ1) is 11.1. The van der Waals surface area contributed by atoms with Crippen LogP contribution in [0.15, 0.2) is 53.6 Å². The molecule has 0 unspecified atom stereocenters. The van der Waals surface area contributed by atoms with Gasteiger partial charge in [0.2, 0.25) is 0 Å². The van der Waals surface area contributed by atoms with Crippen molar-refractivity contribution in [2.75, 3.05) is 6.61 Å². The molecule has 0 aromatic heterocycles. The van der Waals surface area contributed by atoms with E-state index in [9.17, 15) is 9.18 Å². The summed E-state index contributed by atoms with van der Waals surface area (Å²) >= 11 is 0. The number of amides is 1. The summed E-state index contributed by atoms with van der Waals surface area (Å²) in [5.74, 6) is 0.330. The molecule has 0 atom stereocenters. The minimum absolute atomic E-state index is 0.121. The minimum atomic E-state index is -0.359. The van der Waals surface area contributed by atoms with Gasteiger partial charge in [0.15, 0.2) is 6.61 Å². The van der Waals surface area contributed by atoms with E-state index >= 15 is 0 Å². The zero-order chi connectivity index (χ0) is 16.7. The predicted molar refractivity (Wildman–Crippen MR) is 88.2 cm³/mol. The third-order valence-electron chi connectivity index (χ3n) is 3.17. The lowest BCUT2D eigenvalue weighted by Gasteiger charge is -2.12. The molecule has 0 aliphatic carbocycles. The molecule has 0 spiro atoms. The van der Waals surface area contributed by atoms with Crippen LogP contribution in [-0.2, 0) is 4.79 Å². The number of halogens is 1. The Morgan fingerprint density at radius 2 is 1.91 bits per heavy atom. The van der Waals surface area contributed by atoms with Crippen LogP contribution in [-0.4, -0.2) is 18.7 Å². The fraction of sp³-hybridized carbons (Fsp3) is 0.222. The van der Waals surface area contributed by atoms with E-state index in [1.165, 1.54) is 18.3 Å². The Labute approximate surface area is 135 Å². The normalized spacial score (nSPS) is 11.0. The molecule has 0 aliphatic heterocycles. The number of hydrazone groups is 1. The van der Waals surface area contributed by atoms with Crippen LogP contribution >= 0.6 is 0 Å². The number of nitrogens with zero attached hydrogens (tertiary/aromatic N) is 1. The van der Waals surface area contributed by atoms with Gasteiger partial charge in [-0.3, -0.25) is 4.79 Å². The van der Waals surface area contributed by atoms with Crippen LogP contribution in [0.2, 0.25) is 0 Å². The van der Waals surface area contributed by atoms with Gasteiger partial charge >= 0.3 is 0 Å². The third kappa shape index (κ3) is 5.21. The van der Waals surface area contributed by atoms with Gasteiger partial charge in [0.25, 0.3) is 5.91 Å². The molecule has 2 aromatic rings. The summed E-state index contributed by atoms with van der Waals surface area (Å²) in [4.78, 5) is 11.7. The monoisotopic (exact) mass is 314 g/mol. The van der Waals surface area contributed by atoms with Gasteiger partial charge in [-0.1, -0.05) is 44.2 Å². The lowest BCUT2D eigenvalue weighted by atomic mass is 10.0. The Morgan fingerprint density at radius 1 is 1.22 bits per heavy atom. The minimum Gasteiger partial charge on any atom is -0.483 e. The maximum absolute atomic E-state index is 12.8. The van der Waals surface area contributed by atoms with Gasteiger partial charge in [0.1, 0.15) is 11.6 Å². The SMILES string of the molecule is CC(C)c1ccccc1OCC(=O)NN=Cc1ccc(F)cc1. The second-order valence-electron chi connectivity index (χ2n) is 5.33. The van der Waals surface area contributed by atoms with Crippen molar-refractivity contribution in [1.82, 2.24) is 5.43 Å². The maximum Gasteiger partial charge on any atom is 0.277 e. The Balaban J connectivity index is 1.85. The lowest BCUT2D eigenvalue weighted by Crippen LogP contribution is -2.24. The van der Waals surface area contributed by atoms with E-state index in [4.69, 9.17) is 4.74 Å². The number of hydrogen-bond donors (Lipinski definition) is 1. The molecule has 5 heteroatoms. The van der Waals surface area contributed by atoms with Crippen molar-refractivity contribution in [1.29, 1.82) is 0 Å². The Morgan fingerprint density at radius 3 is 2.61 bits per heavy atom. The first-order valence-electron chi connectivity index (χ1n) is 7.35. The van der Waals surface area contributed by atoms with Gasteiger partial charge in [-0.15, -0.1) is 0 Å². The standard InChI is InChI=1S/C18H19FN2O2/c1-13(2)16-5-3-4-6-17(16)23-12-18(22)21-20-11-14-7-9-15(19)10-8-14/h3-11,13H,12H2,1-2H3,(H,21,22). The highest BCUT2D eigenvalue weighted by Gasteiger charge is 2.08. The molecule has 0 bridgehead atoms. The van der Waals surface area contributed by atoms with Gasteiger partial charge in [0.05, 0.1) is 6.21 Å². The fourth-order valence-electron chi connectivity index (χ4n) is 1.99. The van der Waals surface area contributed by atoms with E-state index in [0.29, 0.717) is 17.2 Å². The van der Waals surface area contributed by atoms with Crippen molar-refractivity contribution in [3.8, 4) is 5.75 Å². The molecule has 0 saturated carbocycles. The smallest absolute Gasteiger partial charge is 0.277 e. The van der Waals surface area contributed by atoms with Gasteiger partial charge in [0, 0.05) is 0 Å². The average molecular weight is 314 g/mol. The molecule has 2 aromatic carbocycles. The molecule has 0 aliphatic rings. The summed E-state index contributed by atoms with van der Waals surface area (Å²) < 4.78 is 18.3. The van der Waals surface area contributed by atoms with E-state index in [-0.39, 0.29) is 18.3 Å². The Kier molecular flexibility index (Phi) is 5.86. The number of rotatable bonds is 6. The van der Waals surface area contributed by atoms with Crippen LogP contribution in [0.3, 0.4) is 0 Å². The molecule has 1 amide bonds. The number of carbonyl (C=O) groups is 1. The van der Waals surface area contributed by atoms with Crippen molar-refractivity contribution in [3.63, 3.8) is 0 Å². The molecule has 23 heavy (non-hydrogen) atoms. The van der Waals surface area contributed by atoms with Crippen LogP contribution in [0.5, 0.6) is 5.75 Å². The fourth-order valence-corrected chi connectivity index (χ4v) is 1.99. The van der Waals surface area contributed by atoms with Crippen molar-refractivity contribution in [2.24, 2.45) is 5.10 Å². The van der Waals surface area contributed by atoms with Crippen molar-refractivity contribution >= 4 is 12.1 Å². The first kappa shape index (κ1) is 16.7. The number of carbonyl (C=O) groups excluding carboxylic acids is 1. The van der Waals surface area contributed by atoms with Crippen LogP contribution < -0.4 is 10.2 Å². The molecule has 0 radical (unpaired) electrons. The average Bonchev–Trinajstić information content (AvgIpc) is 2.55. The summed E-state index contributed by atoms with van der Waals surface area (Å²) in [6, 6.07) is 13.4. The second kappa shape index (κ2) is 8.08. The Hall–Kier alpha value is -2.69. The lowest BCUT2D eigenvalue weighted by molar-refractivity contribution is -0.123. The number of para-hydroxylation sites is 1. The summed E-state index contributed by atoms with van der Waals surface area (Å²) in [5, 5.41) is 3.81. The molecule has 0 fully saturated rings. The highest BCUT2D eigenvalue weighted by Crippen LogP contribution is 2.25. The highest BCUT2D eigenvalue weighted by molar-refractivity contribution is 5.82. The number of hydrogen-bond acceptors (Lipinski definition) is 3. The van der Waals surface area contributed by atoms with Crippen molar-refractivity contribution in [2.45, 2.75) is 19.8 Å². The third-order valence-corrected chi connectivity index (χ3v) is 3.17. The summed E-state index contributed by atoms with van der Waals surface area (Å²) in [6.07, 6.45) is 1.44. The topological polar surface area (TPSA) is 50.7 Å². The van der Waals surface area contributed by atoms with E-state index in [0.717, 1.165) is 5.56 Å². The van der Waals surface area contributed by atoms with Crippen molar-refractivity contribution < 1.29 is 13.9 Å². The summed E-state index contributed by atoms with van der Waals surface area (Å²) in [6.45, 7) is 4.01. The quantitative estimate of drug-likeness (QED) is 0.655. The van der Waals surface area contributed by atoms with E-state index in [1.54, 1.807) is 12.1 Å². The number of nitrogens with one attached hydrogen (secondary N) is 1. The molecular formula is C18H19FN2O2. The number of benzene rings is 2. The molecule has 0 heterocycles. The number of ether oxygens (including phenoxy) is 1.